The summed E-state index contributed by atoms with van der Waals surface area (Å²) in [6.45, 7) is 22.1. The zero-order valence-corrected chi connectivity index (χ0v) is 27.7. The maximum absolute atomic E-state index is 14.7. The Morgan fingerprint density at radius 3 is 2.17 bits per heavy atom. The number of nitriles is 1. The van der Waals surface area contributed by atoms with Crippen LogP contribution in [0.3, 0.4) is 0 Å². The van der Waals surface area contributed by atoms with Crippen molar-refractivity contribution < 1.29 is 19.5 Å². The molecule has 2 N–H and O–H groups in total. The minimum absolute atomic E-state index is 0.00757. The highest BCUT2D eigenvalue weighted by molar-refractivity contribution is 6.04. The highest BCUT2D eigenvalue weighted by atomic mass is 16.4. The summed E-state index contributed by atoms with van der Waals surface area (Å²) in [6, 6.07) is 2.04. The predicted molar refractivity (Wildman–Crippen MR) is 163 cm³/mol. The molecule has 1 amide bonds. The molecule has 0 bridgehead atoms. The van der Waals surface area contributed by atoms with E-state index in [2.05, 4.69) is 66.8 Å². The van der Waals surface area contributed by atoms with E-state index in [1.54, 1.807) is 0 Å². The molecule has 3 unspecified atom stereocenters. The lowest BCUT2D eigenvalue weighted by Gasteiger charge is -2.71. The smallest absolute Gasteiger partial charge is 0.404 e. The fraction of sp³-hybridized carbons (Fsp3) is 0.833. The third-order valence-corrected chi connectivity index (χ3v) is 14.0. The second kappa shape index (κ2) is 9.42. The second-order valence-electron chi connectivity index (χ2n) is 18.1. The Labute approximate surface area is 253 Å². The monoisotopic (exact) mass is 578 g/mol. The molecule has 42 heavy (non-hydrogen) atoms. The molecule has 4 fully saturated rings. The lowest BCUT2D eigenvalue weighted by atomic mass is 9.32. The highest BCUT2D eigenvalue weighted by Crippen LogP contribution is 2.74. The van der Waals surface area contributed by atoms with Crippen LogP contribution in [0.1, 0.15) is 114 Å². The van der Waals surface area contributed by atoms with Crippen LogP contribution in [-0.2, 0) is 9.59 Å². The minimum Gasteiger partial charge on any atom is -0.465 e. The largest absolute Gasteiger partial charge is 0.465 e. The van der Waals surface area contributed by atoms with Crippen molar-refractivity contribution in [2.24, 2.45) is 68.0 Å². The van der Waals surface area contributed by atoms with E-state index < -0.39 is 16.9 Å². The summed E-state index contributed by atoms with van der Waals surface area (Å²) in [6.07, 6.45) is 7.31. The molecule has 0 aromatic carbocycles. The second-order valence-corrected chi connectivity index (χ2v) is 18.1. The number of amides is 1. The van der Waals surface area contributed by atoms with Crippen LogP contribution in [0, 0.1) is 79.3 Å². The van der Waals surface area contributed by atoms with Crippen LogP contribution >= 0.6 is 0 Å². The van der Waals surface area contributed by atoms with Gasteiger partial charge < -0.3 is 10.4 Å². The van der Waals surface area contributed by atoms with E-state index in [9.17, 15) is 24.8 Å². The molecular formula is C36H54N2O4. The third kappa shape index (κ3) is 4.26. The fourth-order valence-electron chi connectivity index (χ4n) is 12.2. The van der Waals surface area contributed by atoms with Crippen LogP contribution in [0.4, 0.5) is 4.79 Å². The molecule has 10 atom stereocenters. The van der Waals surface area contributed by atoms with Gasteiger partial charge in [0.15, 0.2) is 5.78 Å². The molecule has 0 aromatic rings. The van der Waals surface area contributed by atoms with Crippen LogP contribution in [0.2, 0.25) is 0 Å². The number of rotatable bonds is 2. The van der Waals surface area contributed by atoms with Gasteiger partial charge in [-0.05, 0) is 95.2 Å². The zero-order chi connectivity index (χ0) is 31.4. The number of hydrogen-bond acceptors (Lipinski definition) is 4. The number of fused-ring (bicyclic) bond motifs is 7. The van der Waals surface area contributed by atoms with E-state index in [1.165, 1.54) is 0 Å². The van der Waals surface area contributed by atoms with Crippen molar-refractivity contribution in [2.45, 2.75) is 120 Å². The Kier molecular flexibility index (Phi) is 7.01. The van der Waals surface area contributed by atoms with Crippen LogP contribution < -0.4 is 5.32 Å². The first-order chi connectivity index (χ1) is 19.1. The van der Waals surface area contributed by atoms with Crippen molar-refractivity contribution >= 4 is 17.7 Å². The Balaban J connectivity index is 1.59. The number of hydrogen-bond donors (Lipinski definition) is 2. The molecule has 0 spiro atoms. The van der Waals surface area contributed by atoms with Crippen LogP contribution in [0.5, 0.6) is 0 Å². The average Bonchev–Trinajstić information content (AvgIpc) is 2.84. The predicted octanol–water partition coefficient (Wildman–Crippen LogP) is 7.82. The highest BCUT2D eigenvalue weighted by Gasteiger charge is 2.71. The SMILES string of the molecule is CC1(C)C[C@H]2[C@H](CC[C@]3(C)[C@@H]2C(=O)CC2[C@@]4(C)C=C(C#N)C(=O)C(C)(C)C4CC[C@]23C)[C@H](C(NC(=O)O)C(C)(C)C)C1. The van der Waals surface area contributed by atoms with Crippen LogP contribution in [0.25, 0.3) is 0 Å². The molecule has 6 nitrogen and oxygen atoms in total. The Hall–Kier alpha value is -2.16. The fourth-order valence-corrected chi connectivity index (χ4v) is 12.2. The van der Waals surface area contributed by atoms with Gasteiger partial charge in [-0.25, -0.2) is 4.79 Å². The molecule has 4 saturated carbocycles. The van der Waals surface area contributed by atoms with Crippen molar-refractivity contribution in [3.8, 4) is 6.07 Å². The molecule has 0 saturated heterocycles. The van der Waals surface area contributed by atoms with Gasteiger partial charge in [-0.15, -0.1) is 0 Å². The summed E-state index contributed by atoms with van der Waals surface area (Å²) in [5.74, 6) is 1.13. The number of carbonyl (C=O) groups is 3. The number of carboxylic acid groups (broad SMARTS) is 1. The van der Waals surface area contributed by atoms with Crippen molar-refractivity contribution in [3.05, 3.63) is 11.6 Å². The Bertz CT molecular complexity index is 1270. The number of nitrogens with zero attached hydrogens (tertiary/aromatic N) is 1. The molecule has 0 heterocycles. The first kappa shape index (κ1) is 31.3. The first-order valence-corrected chi connectivity index (χ1v) is 16.3. The number of ketones is 2. The third-order valence-electron chi connectivity index (χ3n) is 14.0. The van der Waals surface area contributed by atoms with E-state index in [4.69, 9.17) is 0 Å². The van der Waals surface area contributed by atoms with E-state index in [-0.39, 0.29) is 68.6 Å². The average molecular weight is 579 g/mol. The van der Waals surface area contributed by atoms with Gasteiger partial charge in [0.1, 0.15) is 11.9 Å². The molecule has 5 rings (SSSR count). The van der Waals surface area contributed by atoms with E-state index in [1.807, 2.05) is 19.9 Å². The lowest BCUT2D eigenvalue weighted by molar-refractivity contribution is -0.215. The summed E-state index contributed by atoms with van der Waals surface area (Å²) in [5, 5.41) is 22.7. The van der Waals surface area contributed by atoms with Gasteiger partial charge in [-0.1, -0.05) is 75.3 Å². The summed E-state index contributed by atoms with van der Waals surface area (Å²) in [4.78, 5) is 40.0. The molecule has 0 radical (unpaired) electrons. The Morgan fingerprint density at radius 1 is 0.976 bits per heavy atom. The van der Waals surface area contributed by atoms with Crippen molar-refractivity contribution in [2.75, 3.05) is 0 Å². The molecular weight excluding hydrogens is 524 g/mol. The van der Waals surface area contributed by atoms with E-state index in [0.29, 0.717) is 18.1 Å². The maximum Gasteiger partial charge on any atom is 0.404 e. The zero-order valence-electron chi connectivity index (χ0n) is 27.7. The lowest BCUT2D eigenvalue weighted by Crippen LogP contribution is -2.68. The number of allylic oxidation sites excluding steroid dienone is 2. The van der Waals surface area contributed by atoms with Gasteiger partial charge in [0.05, 0.1) is 5.57 Å². The quantitative estimate of drug-likeness (QED) is 0.347. The topological polar surface area (TPSA) is 107 Å². The van der Waals surface area contributed by atoms with Gasteiger partial charge in [0.25, 0.3) is 0 Å². The minimum atomic E-state index is -0.969. The first-order valence-electron chi connectivity index (χ1n) is 16.3. The van der Waals surface area contributed by atoms with Gasteiger partial charge in [-0.3, -0.25) is 9.59 Å². The van der Waals surface area contributed by atoms with Crippen molar-refractivity contribution in [1.29, 1.82) is 5.26 Å². The molecule has 6 heteroatoms. The normalized spacial score (nSPS) is 44.7. The van der Waals surface area contributed by atoms with Crippen molar-refractivity contribution in [3.63, 3.8) is 0 Å². The maximum atomic E-state index is 14.7. The van der Waals surface area contributed by atoms with E-state index in [0.717, 1.165) is 38.5 Å². The summed E-state index contributed by atoms with van der Waals surface area (Å²) in [5.41, 5.74) is -1.28. The van der Waals surface area contributed by atoms with Crippen molar-refractivity contribution in [1.82, 2.24) is 5.32 Å². The van der Waals surface area contributed by atoms with Crippen LogP contribution in [-0.4, -0.2) is 28.8 Å². The van der Waals surface area contributed by atoms with Gasteiger partial charge in [0, 0.05) is 23.8 Å². The van der Waals surface area contributed by atoms with Gasteiger partial charge in [-0.2, -0.15) is 5.26 Å². The summed E-state index contributed by atoms with van der Waals surface area (Å²) >= 11 is 0. The number of carbonyl (C=O) groups excluding carboxylic acids is 2. The molecule has 0 aromatic heterocycles. The molecule has 5 aliphatic carbocycles. The molecule has 232 valence electrons. The van der Waals surface area contributed by atoms with Gasteiger partial charge >= 0.3 is 6.09 Å². The van der Waals surface area contributed by atoms with E-state index >= 15 is 0 Å². The molecule has 5 aliphatic rings. The number of nitrogens with one attached hydrogen (secondary N) is 1. The standard InChI is InChI=1S/C36H54N2O4/c1-31(2,3)28(38-30(41)42)23-18-32(4,5)17-22-21(23)11-13-36(10)27(22)24(39)15-26-34(8)16-20(19-37)29(40)33(6,7)25(34)12-14-35(26,36)9/h16,21-23,25-28,38H,11-15,17-18H2,1-10H3,(H,41,42)/t21-,22-,23+,25?,26?,27-,28?,34-,35+,36+/m0/s1. The number of Topliss-reactive ketones (excluding diaryl/α,β-unsaturated/α-hetero) is 2. The Morgan fingerprint density at radius 2 is 1.60 bits per heavy atom. The van der Waals surface area contributed by atoms with Crippen LogP contribution in [0.15, 0.2) is 11.6 Å². The van der Waals surface area contributed by atoms with Gasteiger partial charge in [0.2, 0.25) is 0 Å². The molecule has 0 aliphatic heterocycles. The summed E-state index contributed by atoms with van der Waals surface area (Å²) in [7, 11) is 0. The summed E-state index contributed by atoms with van der Waals surface area (Å²) < 4.78 is 0.